The van der Waals surface area contributed by atoms with Crippen molar-refractivity contribution >= 4 is 17.5 Å². The van der Waals surface area contributed by atoms with Gasteiger partial charge >= 0.3 is 0 Å². The molecule has 150 valence electrons. The van der Waals surface area contributed by atoms with E-state index in [1.165, 1.54) is 11.3 Å². The van der Waals surface area contributed by atoms with Crippen LogP contribution in [0.1, 0.15) is 42.1 Å². The predicted molar refractivity (Wildman–Crippen MR) is 113 cm³/mol. The van der Waals surface area contributed by atoms with Gasteiger partial charge in [-0.25, -0.2) is 0 Å². The van der Waals surface area contributed by atoms with Gasteiger partial charge in [0.2, 0.25) is 5.91 Å². The summed E-state index contributed by atoms with van der Waals surface area (Å²) < 4.78 is 7.69. The molecule has 0 saturated heterocycles. The van der Waals surface area contributed by atoms with Crippen LogP contribution in [-0.4, -0.2) is 22.3 Å². The Morgan fingerprint density at radius 3 is 2.76 bits per heavy atom. The Morgan fingerprint density at radius 2 is 1.97 bits per heavy atom. The molecular formula is C23H24ClN3O2. The Balaban J connectivity index is 1.33. The third-order valence-corrected chi connectivity index (χ3v) is 5.44. The fraction of sp³-hybridized carbons (Fsp3) is 0.304. The number of hydrogen-bond acceptors (Lipinski definition) is 3. The molecule has 3 aromatic rings. The number of fused-ring (bicyclic) bond motifs is 1. The van der Waals surface area contributed by atoms with Crippen molar-refractivity contribution in [3.05, 3.63) is 82.6 Å². The second-order valence-corrected chi connectivity index (χ2v) is 7.69. The molecule has 1 N–H and O–H groups in total. The van der Waals surface area contributed by atoms with E-state index in [1.807, 2.05) is 24.4 Å². The van der Waals surface area contributed by atoms with Gasteiger partial charge in [0.1, 0.15) is 5.75 Å². The lowest BCUT2D eigenvalue weighted by Crippen LogP contribution is -2.31. The van der Waals surface area contributed by atoms with Crippen LogP contribution in [0.3, 0.4) is 0 Å². The molecule has 1 atom stereocenters. The topological polar surface area (TPSA) is 56.1 Å². The zero-order valence-electron chi connectivity index (χ0n) is 16.2. The molecule has 6 heteroatoms. The van der Waals surface area contributed by atoms with E-state index in [9.17, 15) is 4.79 Å². The molecule has 1 aliphatic rings. The summed E-state index contributed by atoms with van der Waals surface area (Å²) in [6.07, 6.45) is 5.20. The predicted octanol–water partition coefficient (Wildman–Crippen LogP) is 4.55. The standard InChI is InChI=1S/C23H24ClN3O2/c24-18-9-11-19(12-10-18)29-14-13-23(28)26-21-7-4-8-22-20(21)15-25-27(22)16-17-5-2-1-3-6-17/h1-3,5-6,9-12,15,21H,4,7-8,13-14,16H2,(H,26,28). The summed E-state index contributed by atoms with van der Waals surface area (Å²) in [4.78, 5) is 12.4. The van der Waals surface area contributed by atoms with Gasteiger partial charge in [0.05, 0.1) is 31.8 Å². The van der Waals surface area contributed by atoms with E-state index < -0.39 is 0 Å². The number of benzene rings is 2. The summed E-state index contributed by atoms with van der Waals surface area (Å²) in [5.74, 6) is 0.706. The summed E-state index contributed by atoms with van der Waals surface area (Å²) in [5.41, 5.74) is 3.59. The van der Waals surface area contributed by atoms with Crippen LogP contribution in [0.4, 0.5) is 0 Å². The smallest absolute Gasteiger partial charge is 0.223 e. The van der Waals surface area contributed by atoms with Crippen LogP contribution in [0.2, 0.25) is 5.02 Å². The van der Waals surface area contributed by atoms with Crippen molar-refractivity contribution in [3.8, 4) is 5.75 Å². The Bertz CT molecular complexity index is 954. The maximum absolute atomic E-state index is 12.4. The zero-order chi connectivity index (χ0) is 20.1. The number of carbonyl (C=O) groups excluding carboxylic acids is 1. The summed E-state index contributed by atoms with van der Waals surface area (Å²) >= 11 is 5.87. The van der Waals surface area contributed by atoms with Crippen LogP contribution in [0.25, 0.3) is 0 Å². The van der Waals surface area contributed by atoms with Crippen molar-refractivity contribution in [2.45, 2.75) is 38.3 Å². The van der Waals surface area contributed by atoms with E-state index >= 15 is 0 Å². The highest BCUT2D eigenvalue weighted by molar-refractivity contribution is 6.30. The normalized spacial score (nSPS) is 15.6. The van der Waals surface area contributed by atoms with E-state index in [4.69, 9.17) is 16.3 Å². The SMILES string of the molecule is O=C(CCOc1ccc(Cl)cc1)NC1CCCc2c1cnn2Cc1ccccc1. The van der Waals surface area contributed by atoms with Crippen LogP contribution < -0.4 is 10.1 Å². The number of ether oxygens (including phenoxy) is 1. The van der Waals surface area contributed by atoms with Gasteiger partial charge in [-0.3, -0.25) is 9.48 Å². The molecule has 4 rings (SSSR count). The zero-order valence-corrected chi connectivity index (χ0v) is 16.9. The maximum atomic E-state index is 12.4. The van der Waals surface area contributed by atoms with Gasteiger partial charge in [-0.15, -0.1) is 0 Å². The number of amides is 1. The molecule has 29 heavy (non-hydrogen) atoms. The Hall–Kier alpha value is -2.79. The summed E-state index contributed by atoms with van der Waals surface area (Å²) in [6, 6.07) is 17.5. The minimum Gasteiger partial charge on any atom is -0.493 e. The second-order valence-electron chi connectivity index (χ2n) is 7.25. The van der Waals surface area contributed by atoms with Crippen molar-refractivity contribution in [1.29, 1.82) is 0 Å². The molecule has 0 radical (unpaired) electrons. The molecule has 1 heterocycles. The van der Waals surface area contributed by atoms with E-state index in [1.54, 1.807) is 24.3 Å². The third kappa shape index (κ3) is 4.98. The molecule has 5 nitrogen and oxygen atoms in total. The van der Waals surface area contributed by atoms with E-state index in [0.29, 0.717) is 23.8 Å². The number of rotatable bonds is 7. The first-order valence-corrected chi connectivity index (χ1v) is 10.3. The monoisotopic (exact) mass is 409 g/mol. The van der Waals surface area contributed by atoms with Crippen LogP contribution in [-0.2, 0) is 17.8 Å². The average Bonchev–Trinajstić information content (AvgIpc) is 3.14. The number of nitrogens with zero attached hydrogens (tertiary/aromatic N) is 2. The van der Waals surface area contributed by atoms with E-state index in [-0.39, 0.29) is 11.9 Å². The third-order valence-electron chi connectivity index (χ3n) is 5.18. The first-order valence-electron chi connectivity index (χ1n) is 9.95. The highest BCUT2D eigenvalue weighted by Gasteiger charge is 2.25. The van der Waals surface area contributed by atoms with Crippen LogP contribution in [0, 0.1) is 0 Å². The van der Waals surface area contributed by atoms with Gasteiger partial charge in [0, 0.05) is 16.3 Å². The van der Waals surface area contributed by atoms with Crippen LogP contribution in [0.15, 0.2) is 60.8 Å². The minimum atomic E-state index is -0.00683. The van der Waals surface area contributed by atoms with Crippen LogP contribution in [0.5, 0.6) is 5.75 Å². The minimum absolute atomic E-state index is 0.00683. The number of halogens is 1. The Morgan fingerprint density at radius 1 is 1.17 bits per heavy atom. The van der Waals surface area contributed by atoms with Crippen molar-refractivity contribution in [1.82, 2.24) is 15.1 Å². The maximum Gasteiger partial charge on any atom is 0.223 e. The fourth-order valence-corrected chi connectivity index (χ4v) is 3.85. The van der Waals surface area contributed by atoms with Crippen molar-refractivity contribution < 1.29 is 9.53 Å². The second kappa shape index (κ2) is 9.14. The highest BCUT2D eigenvalue weighted by atomic mass is 35.5. The summed E-state index contributed by atoms with van der Waals surface area (Å²) in [7, 11) is 0. The van der Waals surface area contributed by atoms with Crippen molar-refractivity contribution in [2.75, 3.05) is 6.61 Å². The number of hydrogen-bond donors (Lipinski definition) is 1. The molecule has 0 aliphatic heterocycles. The Labute approximate surface area is 175 Å². The molecule has 2 aromatic carbocycles. The lowest BCUT2D eigenvalue weighted by Gasteiger charge is -2.24. The molecule has 0 saturated carbocycles. The molecule has 1 aromatic heterocycles. The molecular weight excluding hydrogens is 386 g/mol. The summed E-state index contributed by atoms with van der Waals surface area (Å²) in [5, 5.41) is 8.41. The van der Waals surface area contributed by atoms with E-state index in [0.717, 1.165) is 31.4 Å². The molecule has 1 amide bonds. The molecule has 0 fully saturated rings. The fourth-order valence-electron chi connectivity index (χ4n) is 3.72. The number of aromatic nitrogens is 2. The largest absolute Gasteiger partial charge is 0.493 e. The van der Waals surface area contributed by atoms with Gasteiger partial charge in [-0.1, -0.05) is 41.9 Å². The van der Waals surface area contributed by atoms with Crippen LogP contribution >= 0.6 is 11.6 Å². The average molecular weight is 410 g/mol. The quantitative estimate of drug-likeness (QED) is 0.622. The Kier molecular flexibility index (Phi) is 6.15. The van der Waals surface area contributed by atoms with E-state index in [2.05, 4.69) is 27.2 Å². The number of nitrogens with one attached hydrogen (secondary N) is 1. The first kappa shape index (κ1) is 19.5. The highest BCUT2D eigenvalue weighted by Crippen LogP contribution is 2.30. The van der Waals surface area contributed by atoms with Gasteiger partial charge in [0.15, 0.2) is 0 Å². The summed E-state index contributed by atoms with van der Waals surface area (Å²) in [6.45, 7) is 1.09. The van der Waals surface area contributed by atoms with Gasteiger partial charge in [0.25, 0.3) is 0 Å². The molecule has 0 bridgehead atoms. The number of carbonyl (C=O) groups is 1. The lowest BCUT2D eigenvalue weighted by atomic mass is 9.92. The van der Waals surface area contributed by atoms with Crippen molar-refractivity contribution in [3.63, 3.8) is 0 Å². The molecule has 0 spiro atoms. The molecule has 1 unspecified atom stereocenters. The van der Waals surface area contributed by atoms with Gasteiger partial charge in [-0.05, 0) is 49.1 Å². The lowest BCUT2D eigenvalue weighted by molar-refractivity contribution is -0.122. The van der Waals surface area contributed by atoms with Gasteiger partial charge in [-0.2, -0.15) is 5.10 Å². The van der Waals surface area contributed by atoms with Gasteiger partial charge < -0.3 is 10.1 Å². The molecule has 1 aliphatic carbocycles. The first-order chi connectivity index (χ1) is 14.2. The van der Waals surface area contributed by atoms with Crippen molar-refractivity contribution in [2.24, 2.45) is 0 Å².